The predicted molar refractivity (Wildman–Crippen MR) is 116 cm³/mol. The second-order valence-electron chi connectivity index (χ2n) is 8.94. The van der Waals surface area contributed by atoms with Crippen LogP contribution in [0.4, 0.5) is 0 Å². The highest BCUT2D eigenvalue weighted by Gasteiger charge is 2.47. The molecule has 6 nitrogen and oxygen atoms in total. The normalized spacial score (nSPS) is 24.0. The van der Waals surface area contributed by atoms with Gasteiger partial charge in [0.15, 0.2) is 11.5 Å². The van der Waals surface area contributed by atoms with Gasteiger partial charge in [0, 0.05) is 35.8 Å². The van der Waals surface area contributed by atoms with Crippen LogP contribution in [0.1, 0.15) is 35.7 Å². The van der Waals surface area contributed by atoms with Crippen LogP contribution in [0.2, 0.25) is 0 Å². The molecule has 31 heavy (non-hydrogen) atoms. The molecule has 1 unspecified atom stereocenters. The third-order valence-electron chi connectivity index (χ3n) is 7.09. The number of para-hydroxylation sites is 1. The minimum atomic E-state index is -0.175. The number of carbonyl (C=O) groups excluding carboxylic acids is 1. The Balaban J connectivity index is 1.48. The van der Waals surface area contributed by atoms with E-state index in [1.807, 2.05) is 12.1 Å². The maximum atomic E-state index is 13.5. The number of allylic oxidation sites excluding steroid dienone is 1. The van der Waals surface area contributed by atoms with E-state index in [0.717, 1.165) is 47.5 Å². The number of amides is 1. The third kappa shape index (κ3) is 2.42. The van der Waals surface area contributed by atoms with Crippen molar-refractivity contribution in [1.29, 1.82) is 0 Å². The number of nitrogens with zero attached hydrogens (tertiary/aromatic N) is 2. The van der Waals surface area contributed by atoms with Gasteiger partial charge in [-0.3, -0.25) is 4.79 Å². The summed E-state index contributed by atoms with van der Waals surface area (Å²) in [6.45, 7) is 0.666. The summed E-state index contributed by atoms with van der Waals surface area (Å²) in [6, 6.07) is 14.4. The zero-order chi connectivity index (χ0) is 20.7. The Morgan fingerprint density at radius 2 is 1.90 bits per heavy atom. The highest BCUT2D eigenvalue weighted by molar-refractivity contribution is 5.88. The monoisotopic (exact) mass is 413 g/mol. The molecule has 3 aliphatic heterocycles. The van der Waals surface area contributed by atoms with Gasteiger partial charge in [-0.15, -0.1) is 0 Å². The lowest BCUT2D eigenvalue weighted by Crippen LogP contribution is -2.57. The van der Waals surface area contributed by atoms with Gasteiger partial charge in [0.1, 0.15) is 0 Å². The van der Waals surface area contributed by atoms with E-state index in [4.69, 9.17) is 9.47 Å². The molecule has 1 N–H and O–H groups in total. The van der Waals surface area contributed by atoms with Crippen molar-refractivity contribution in [2.45, 2.75) is 31.3 Å². The maximum Gasteiger partial charge on any atom is 0.243 e. The van der Waals surface area contributed by atoms with Crippen LogP contribution >= 0.6 is 0 Å². The zero-order valence-electron chi connectivity index (χ0n) is 17.4. The van der Waals surface area contributed by atoms with Crippen molar-refractivity contribution in [2.24, 2.45) is 0 Å². The molecule has 1 saturated carbocycles. The molecule has 3 aromatic rings. The molecule has 7 rings (SSSR count). The van der Waals surface area contributed by atoms with Crippen LogP contribution in [0.15, 0.2) is 53.7 Å². The van der Waals surface area contributed by atoms with E-state index in [-0.39, 0.29) is 24.8 Å². The number of nitrogens with one attached hydrogen (secondary N) is 1. The summed E-state index contributed by atoms with van der Waals surface area (Å²) in [5.41, 5.74) is 7.47. The fraction of sp³-hybridized carbons (Fsp3) is 0.320. The number of fused-ring (bicyclic) bond motifs is 5. The molecule has 1 saturated heterocycles. The van der Waals surface area contributed by atoms with Gasteiger partial charge in [0.05, 0.1) is 18.6 Å². The quantitative estimate of drug-likeness (QED) is 0.661. The van der Waals surface area contributed by atoms with Crippen molar-refractivity contribution >= 4 is 16.8 Å². The molecular formula is C25H23N3O3. The molecule has 4 heterocycles. The van der Waals surface area contributed by atoms with Crippen LogP contribution < -0.4 is 9.47 Å². The molecule has 1 aromatic heterocycles. The summed E-state index contributed by atoms with van der Waals surface area (Å²) in [5.74, 6) is 1.68. The van der Waals surface area contributed by atoms with Gasteiger partial charge in [-0.1, -0.05) is 24.3 Å². The summed E-state index contributed by atoms with van der Waals surface area (Å²) < 4.78 is 11.2. The third-order valence-corrected chi connectivity index (χ3v) is 7.09. The molecule has 0 radical (unpaired) electrons. The Morgan fingerprint density at radius 1 is 1.06 bits per heavy atom. The van der Waals surface area contributed by atoms with E-state index >= 15 is 0 Å². The van der Waals surface area contributed by atoms with Crippen LogP contribution in [-0.2, 0) is 11.2 Å². The first-order valence-electron chi connectivity index (χ1n) is 10.9. The van der Waals surface area contributed by atoms with Gasteiger partial charge in [-0.05, 0) is 47.7 Å². The number of ether oxygens (including phenoxy) is 2. The number of likely N-dealkylation sites (N-methyl/N-ethyl adjacent to an activating group) is 1. The standard InChI is InChI=1S/C25H23N3O3/c1-27-12-22(29)28-19(24(27)14-6-7-14)11-17-16-4-2-3-5-18(16)26-23(17)25(28)15-8-9-20-21(10-15)31-13-30-20/h2-5,8-10,19,25-26H,6-7,11-13H2,1H3/t19-,25?/m1/s1. The highest BCUT2D eigenvalue weighted by atomic mass is 16.7. The molecule has 1 aliphatic carbocycles. The van der Waals surface area contributed by atoms with Crippen molar-refractivity contribution in [1.82, 2.24) is 14.8 Å². The topological polar surface area (TPSA) is 57.8 Å². The molecule has 0 spiro atoms. The van der Waals surface area contributed by atoms with Gasteiger partial charge in [-0.25, -0.2) is 0 Å². The molecule has 1 amide bonds. The molecule has 2 aromatic carbocycles. The fourth-order valence-electron chi connectivity index (χ4n) is 5.69. The Labute approximate surface area is 180 Å². The Hall–Kier alpha value is -3.41. The Kier molecular flexibility index (Phi) is 3.38. The highest BCUT2D eigenvalue weighted by Crippen LogP contribution is 2.48. The van der Waals surface area contributed by atoms with Crippen LogP contribution in [0, 0.1) is 0 Å². The average Bonchev–Trinajstić information content (AvgIpc) is 3.36. The molecule has 6 heteroatoms. The van der Waals surface area contributed by atoms with E-state index in [9.17, 15) is 4.79 Å². The molecule has 156 valence electrons. The van der Waals surface area contributed by atoms with Crippen molar-refractivity contribution < 1.29 is 14.3 Å². The van der Waals surface area contributed by atoms with Gasteiger partial charge >= 0.3 is 0 Å². The minimum Gasteiger partial charge on any atom is -0.454 e. The molecular weight excluding hydrogens is 390 g/mol. The number of benzene rings is 2. The largest absolute Gasteiger partial charge is 0.454 e. The van der Waals surface area contributed by atoms with Crippen LogP contribution in [0.5, 0.6) is 11.5 Å². The van der Waals surface area contributed by atoms with Crippen LogP contribution in [0.25, 0.3) is 10.9 Å². The number of hydrogen-bond donors (Lipinski definition) is 1. The van der Waals surface area contributed by atoms with E-state index in [2.05, 4.69) is 52.2 Å². The lowest BCUT2D eigenvalue weighted by molar-refractivity contribution is -0.139. The lowest BCUT2D eigenvalue weighted by Gasteiger charge is -2.49. The number of aromatic amines is 1. The maximum absolute atomic E-state index is 13.5. The first-order chi connectivity index (χ1) is 15.2. The lowest BCUT2D eigenvalue weighted by atomic mass is 9.85. The second-order valence-corrected chi connectivity index (χ2v) is 8.94. The zero-order valence-corrected chi connectivity index (χ0v) is 17.4. The van der Waals surface area contributed by atoms with Crippen molar-refractivity contribution in [2.75, 3.05) is 20.4 Å². The number of piperazine rings is 1. The van der Waals surface area contributed by atoms with E-state index in [0.29, 0.717) is 6.54 Å². The van der Waals surface area contributed by atoms with Gasteiger partial charge in [0.25, 0.3) is 0 Å². The second kappa shape index (κ2) is 6.06. The number of aromatic nitrogens is 1. The summed E-state index contributed by atoms with van der Waals surface area (Å²) >= 11 is 0. The predicted octanol–water partition coefficient (Wildman–Crippen LogP) is 3.73. The fourth-order valence-corrected chi connectivity index (χ4v) is 5.69. The van der Waals surface area contributed by atoms with E-state index in [1.54, 1.807) is 0 Å². The summed E-state index contributed by atoms with van der Waals surface area (Å²) in [4.78, 5) is 21.4. The molecule has 4 aliphatic rings. The minimum absolute atomic E-state index is 0.0610. The number of hydrogen-bond acceptors (Lipinski definition) is 4. The summed E-state index contributed by atoms with van der Waals surface area (Å²) in [7, 11) is 2.07. The number of carbonyl (C=O) groups is 1. The van der Waals surface area contributed by atoms with Crippen LogP contribution in [-0.4, -0.2) is 47.1 Å². The van der Waals surface area contributed by atoms with E-state index in [1.165, 1.54) is 22.2 Å². The van der Waals surface area contributed by atoms with Crippen molar-refractivity contribution in [3.8, 4) is 11.5 Å². The first kappa shape index (κ1) is 17.3. The van der Waals surface area contributed by atoms with Gasteiger partial charge < -0.3 is 24.3 Å². The van der Waals surface area contributed by atoms with Crippen LogP contribution in [0.3, 0.4) is 0 Å². The number of H-pyrrole nitrogens is 1. The average molecular weight is 413 g/mol. The van der Waals surface area contributed by atoms with E-state index < -0.39 is 0 Å². The molecule has 0 bridgehead atoms. The Bertz CT molecular complexity index is 1280. The van der Waals surface area contributed by atoms with Crippen molar-refractivity contribution in [3.05, 3.63) is 70.6 Å². The van der Waals surface area contributed by atoms with Gasteiger partial charge in [-0.2, -0.15) is 0 Å². The molecule has 2 fully saturated rings. The Morgan fingerprint density at radius 3 is 2.77 bits per heavy atom. The number of rotatable bonds is 1. The SMILES string of the molecule is CN1CC(=O)N2C(c3ccc4c(c3)OCO4)c3[nH]c4ccccc4c3C[C@@H]2C1=C1CC1. The summed E-state index contributed by atoms with van der Waals surface area (Å²) in [5, 5.41) is 1.25. The first-order valence-corrected chi connectivity index (χ1v) is 10.9. The molecule has 2 atom stereocenters. The summed E-state index contributed by atoms with van der Waals surface area (Å²) in [6.07, 6.45) is 3.14. The van der Waals surface area contributed by atoms with Crippen molar-refractivity contribution in [3.63, 3.8) is 0 Å². The van der Waals surface area contributed by atoms with Gasteiger partial charge in [0.2, 0.25) is 12.7 Å². The smallest absolute Gasteiger partial charge is 0.243 e.